The highest BCUT2D eigenvalue weighted by Gasteiger charge is 2.60. The predicted octanol–water partition coefficient (Wildman–Crippen LogP) is 0.270. The molecule has 1 aliphatic rings. The lowest BCUT2D eigenvalue weighted by Crippen LogP contribution is -2.17. The largest absolute Gasteiger partial charge is 0.466 e. The average Bonchev–Trinajstić information content (AvgIpc) is 2.65. The quantitative estimate of drug-likeness (QED) is 0.606. The molecule has 1 N–H and O–H groups in total. The van der Waals surface area contributed by atoms with E-state index in [0.29, 0.717) is 0 Å². The summed E-state index contributed by atoms with van der Waals surface area (Å²) in [4.78, 5) is 10.8. The third kappa shape index (κ3) is 1.50. The molecule has 1 fully saturated rings. The maximum Gasteiger partial charge on any atom is 0.312 e. The fourth-order valence-electron chi connectivity index (χ4n) is 0.993. The summed E-state index contributed by atoms with van der Waals surface area (Å²) in [5, 5.41) is 8.47. The van der Waals surface area contributed by atoms with Gasteiger partial charge in [-0.1, -0.05) is 0 Å². The smallest absolute Gasteiger partial charge is 0.312 e. The summed E-state index contributed by atoms with van der Waals surface area (Å²) in [6, 6.07) is 0. The molecule has 0 aromatic rings. The standard InChI is InChI=1S/C7H11FO3/c1-2-11-6(10)5-3-7(5,8)4-9/h5,9H,2-4H2,1H3/t5-,7-/m0/s1. The van der Waals surface area contributed by atoms with Gasteiger partial charge in [-0.05, 0) is 6.92 Å². The van der Waals surface area contributed by atoms with Crippen LogP contribution >= 0.6 is 0 Å². The molecule has 64 valence electrons. The molecule has 1 aliphatic carbocycles. The van der Waals surface area contributed by atoms with E-state index in [1.54, 1.807) is 6.92 Å². The summed E-state index contributed by atoms with van der Waals surface area (Å²) in [6.07, 6.45) is 0.0995. The van der Waals surface area contributed by atoms with Crippen molar-refractivity contribution in [2.45, 2.75) is 19.0 Å². The van der Waals surface area contributed by atoms with Crippen molar-refractivity contribution in [3.05, 3.63) is 0 Å². The first-order valence-corrected chi connectivity index (χ1v) is 3.60. The van der Waals surface area contributed by atoms with Crippen molar-refractivity contribution in [1.82, 2.24) is 0 Å². The first-order chi connectivity index (χ1) is 5.14. The Labute approximate surface area is 64.2 Å². The fraction of sp³-hybridized carbons (Fsp3) is 0.857. The van der Waals surface area contributed by atoms with Crippen LogP contribution in [-0.4, -0.2) is 30.0 Å². The van der Waals surface area contributed by atoms with E-state index in [1.165, 1.54) is 0 Å². The van der Waals surface area contributed by atoms with E-state index in [2.05, 4.69) is 4.74 Å². The maximum absolute atomic E-state index is 12.9. The van der Waals surface area contributed by atoms with Crippen LogP contribution in [0.25, 0.3) is 0 Å². The second-order valence-corrected chi connectivity index (χ2v) is 2.70. The number of hydrogen-bond donors (Lipinski definition) is 1. The minimum Gasteiger partial charge on any atom is -0.466 e. The van der Waals surface area contributed by atoms with Crippen molar-refractivity contribution >= 4 is 5.97 Å². The zero-order valence-corrected chi connectivity index (χ0v) is 6.34. The van der Waals surface area contributed by atoms with Gasteiger partial charge in [0.05, 0.1) is 19.1 Å². The molecular weight excluding hydrogens is 151 g/mol. The number of alkyl halides is 1. The second-order valence-electron chi connectivity index (χ2n) is 2.70. The molecule has 1 rings (SSSR count). The molecule has 0 aromatic carbocycles. The molecule has 0 aromatic heterocycles. The van der Waals surface area contributed by atoms with Crippen LogP contribution < -0.4 is 0 Å². The molecule has 0 spiro atoms. The van der Waals surface area contributed by atoms with E-state index in [-0.39, 0.29) is 13.0 Å². The van der Waals surface area contributed by atoms with Crippen LogP contribution in [0.5, 0.6) is 0 Å². The number of carbonyl (C=O) groups is 1. The number of ether oxygens (including phenoxy) is 1. The molecule has 0 heterocycles. The summed E-state index contributed by atoms with van der Waals surface area (Å²) in [7, 11) is 0. The van der Waals surface area contributed by atoms with E-state index in [0.717, 1.165) is 0 Å². The Balaban J connectivity index is 2.36. The molecule has 3 nitrogen and oxygen atoms in total. The van der Waals surface area contributed by atoms with Gasteiger partial charge in [0.15, 0.2) is 0 Å². The molecule has 0 radical (unpaired) electrons. The summed E-state index contributed by atoms with van der Waals surface area (Å²) in [6.45, 7) is 1.34. The van der Waals surface area contributed by atoms with E-state index in [4.69, 9.17) is 5.11 Å². The highest BCUT2D eigenvalue weighted by Crippen LogP contribution is 2.47. The van der Waals surface area contributed by atoms with Gasteiger partial charge in [-0.25, -0.2) is 4.39 Å². The van der Waals surface area contributed by atoms with Gasteiger partial charge in [0.2, 0.25) is 0 Å². The van der Waals surface area contributed by atoms with Crippen LogP contribution in [0.1, 0.15) is 13.3 Å². The van der Waals surface area contributed by atoms with Crippen molar-refractivity contribution in [1.29, 1.82) is 0 Å². The number of halogens is 1. The topological polar surface area (TPSA) is 46.5 Å². The van der Waals surface area contributed by atoms with Crippen LogP contribution in [0.2, 0.25) is 0 Å². The van der Waals surface area contributed by atoms with Gasteiger partial charge < -0.3 is 9.84 Å². The molecule has 4 heteroatoms. The summed E-state index contributed by atoms with van der Waals surface area (Å²) < 4.78 is 17.5. The zero-order chi connectivity index (χ0) is 8.48. The molecule has 2 atom stereocenters. The Kier molecular flexibility index (Phi) is 2.13. The zero-order valence-electron chi connectivity index (χ0n) is 6.34. The SMILES string of the molecule is CCOC(=O)[C@@H]1C[C@]1(F)CO. The van der Waals surface area contributed by atoms with Gasteiger partial charge in [0, 0.05) is 6.42 Å². The molecule has 1 saturated carbocycles. The van der Waals surface area contributed by atoms with E-state index >= 15 is 0 Å². The Bertz CT molecular complexity index is 171. The van der Waals surface area contributed by atoms with Crippen molar-refractivity contribution < 1.29 is 19.0 Å². The molecule has 11 heavy (non-hydrogen) atoms. The van der Waals surface area contributed by atoms with Gasteiger partial charge in [0.1, 0.15) is 5.67 Å². The van der Waals surface area contributed by atoms with Crippen LogP contribution in [-0.2, 0) is 9.53 Å². The predicted molar refractivity (Wildman–Crippen MR) is 35.7 cm³/mol. The normalized spacial score (nSPS) is 35.0. The molecule has 0 aliphatic heterocycles. The number of carbonyl (C=O) groups excluding carboxylic acids is 1. The maximum atomic E-state index is 12.9. The number of rotatable bonds is 3. The van der Waals surface area contributed by atoms with Crippen molar-refractivity contribution in [3.63, 3.8) is 0 Å². The molecule has 0 unspecified atom stereocenters. The third-order valence-corrected chi connectivity index (χ3v) is 1.84. The van der Waals surface area contributed by atoms with Crippen molar-refractivity contribution in [3.8, 4) is 0 Å². The van der Waals surface area contributed by atoms with E-state index < -0.39 is 24.2 Å². The molecule has 0 saturated heterocycles. The summed E-state index contributed by atoms with van der Waals surface area (Å²) in [5.41, 5.74) is -1.69. The second kappa shape index (κ2) is 2.77. The molecule has 0 amide bonds. The lowest BCUT2D eigenvalue weighted by atomic mass is 10.3. The van der Waals surface area contributed by atoms with Crippen molar-refractivity contribution in [2.75, 3.05) is 13.2 Å². The lowest BCUT2D eigenvalue weighted by Gasteiger charge is -2.02. The summed E-state index contributed by atoms with van der Waals surface area (Å²) in [5.74, 6) is -1.27. The van der Waals surface area contributed by atoms with Gasteiger partial charge in [-0.2, -0.15) is 0 Å². The summed E-state index contributed by atoms with van der Waals surface area (Å²) >= 11 is 0. The first-order valence-electron chi connectivity index (χ1n) is 3.60. The Morgan fingerprint density at radius 1 is 1.91 bits per heavy atom. The van der Waals surface area contributed by atoms with Gasteiger partial charge in [-0.3, -0.25) is 4.79 Å². The Morgan fingerprint density at radius 2 is 2.55 bits per heavy atom. The third-order valence-electron chi connectivity index (χ3n) is 1.84. The van der Waals surface area contributed by atoms with Crippen LogP contribution in [0, 0.1) is 5.92 Å². The number of hydrogen-bond acceptors (Lipinski definition) is 3. The Morgan fingerprint density at radius 3 is 2.91 bits per heavy atom. The van der Waals surface area contributed by atoms with Crippen LogP contribution in [0.3, 0.4) is 0 Å². The monoisotopic (exact) mass is 162 g/mol. The highest BCUT2D eigenvalue weighted by atomic mass is 19.1. The molecule has 0 bridgehead atoms. The fourth-order valence-corrected chi connectivity index (χ4v) is 0.993. The van der Waals surface area contributed by atoms with E-state index in [9.17, 15) is 9.18 Å². The minimum absolute atomic E-state index is 0.0995. The minimum atomic E-state index is -1.69. The van der Waals surface area contributed by atoms with Crippen LogP contribution in [0.4, 0.5) is 4.39 Å². The van der Waals surface area contributed by atoms with Gasteiger partial charge >= 0.3 is 5.97 Å². The van der Waals surface area contributed by atoms with E-state index in [1.807, 2.05) is 0 Å². The Hall–Kier alpha value is -0.640. The average molecular weight is 162 g/mol. The lowest BCUT2D eigenvalue weighted by molar-refractivity contribution is -0.146. The van der Waals surface area contributed by atoms with Crippen LogP contribution in [0.15, 0.2) is 0 Å². The first kappa shape index (κ1) is 8.46. The number of aliphatic hydroxyl groups excluding tert-OH is 1. The number of esters is 1. The van der Waals surface area contributed by atoms with Gasteiger partial charge in [-0.15, -0.1) is 0 Å². The number of aliphatic hydroxyl groups is 1. The highest BCUT2D eigenvalue weighted by molar-refractivity contribution is 5.77. The van der Waals surface area contributed by atoms with Crippen molar-refractivity contribution in [2.24, 2.45) is 5.92 Å². The molecular formula is C7H11FO3. The van der Waals surface area contributed by atoms with Gasteiger partial charge in [0.25, 0.3) is 0 Å².